The Morgan fingerprint density at radius 2 is 1.81 bits per heavy atom. The lowest BCUT2D eigenvalue weighted by atomic mass is 10.1. The van der Waals surface area contributed by atoms with Crippen LogP contribution < -0.4 is 16.0 Å². The molecule has 4 rings (SSSR count). The standard InChI is InChI=1S/C22H20ClN7O2/c1-14-20(21(30-32-14)15-6-2-3-7-16(15)23)22(31)26-11-10-25-18-12-19(28-13-27-18)29-17-8-4-5-9-24-17/h2-9,12-13H,10-11H2,1H3,(H,26,31)(H2,24,25,27,28,29). The third-order valence-corrected chi connectivity index (χ3v) is 4.85. The lowest BCUT2D eigenvalue weighted by Gasteiger charge is -2.09. The average molecular weight is 450 g/mol. The molecule has 10 heteroatoms. The molecule has 0 spiro atoms. The molecule has 162 valence electrons. The van der Waals surface area contributed by atoms with E-state index in [0.29, 0.717) is 58.1 Å². The minimum Gasteiger partial charge on any atom is -0.368 e. The summed E-state index contributed by atoms with van der Waals surface area (Å²) in [6.07, 6.45) is 3.14. The molecule has 0 aliphatic heterocycles. The van der Waals surface area contributed by atoms with E-state index in [1.807, 2.05) is 30.3 Å². The molecule has 0 aliphatic carbocycles. The Kier molecular flexibility index (Phi) is 6.57. The number of pyridine rings is 1. The van der Waals surface area contributed by atoms with Gasteiger partial charge in [-0.25, -0.2) is 15.0 Å². The number of aryl methyl sites for hydroxylation is 1. The molecule has 9 nitrogen and oxygen atoms in total. The van der Waals surface area contributed by atoms with Gasteiger partial charge < -0.3 is 20.5 Å². The van der Waals surface area contributed by atoms with Gasteiger partial charge in [-0.05, 0) is 25.1 Å². The van der Waals surface area contributed by atoms with Crippen LogP contribution in [0.3, 0.4) is 0 Å². The van der Waals surface area contributed by atoms with Crippen LogP contribution in [0, 0.1) is 6.92 Å². The molecular weight excluding hydrogens is 430 g/mol. The van der Waals surface area contributed by atoms with Gasteiger partial charge in [-0.1, -0.05) is 41.0 Å². The van der Waals surface area contributed by atoms with Crippen molar-refractivity contribution in [3.8, 4) is 11.3 Å². The molecule has 3 heterocycles. The number of nitrogens with zero attached hydrogens (tertiary/aromatic N) is 4. The molecule has 0 radical (unpaired) electrons. The second kappa shape index (κ2) is 9.88. The number of anilines is 3. The average Bonchev–Trinajstić information content (AvgIpc) is 3.19. The second-order valence-electron chi connectivity index (χ2n) is 6.75. The van der Waals surface area contributed by atoms with Gasteiger partial charge in [-0.2, -0.15) is 0 Å². The molecule has 4 aromatic rings. The molecule has 1 amide bonds. The fourth-order valence-electron chi connectivity index (χ4n) is 3.02. The molecule has 0 atom stereocenters. The Bertz CT molecular complexity index is 1210. The number of hydrogen-bond acceptors (Lipinski definition) is 8. The predicted octanol–water partition coefficient (Wildman–Crippen LogP) is 4.07. The summed E-state index contributed by atoms with van der Waals surface area (Å²) in [4.78, 5) is 25.4. The van der Waals surface area contributed by atoms with Crippen molar-refractivity contribution in [1.29, 1.82) is 0 Å². The number of carbonyl (C=O) groups is 1. The first-order valence-electron chi connectivity index (χ1n) is 9.85. The van der Waals surface area contributed by atoms with E-state index in [-0.39, 0.29) is 5.91 Å². The van der Waals surface area contributed by atoms with Gasteiger partial charge in [0, 0.05) is 30.9 Å². The summed E-state index contributed by atoms with van der Waals surface area (Å²) in [6.45, 7) is 2.51. The summed E-state index contributed by atoms with van der Waals surface area (Å²) in [7, 11) is 0. The topological polar surface area (TPSA) is 118 Å². The zero-order valence-corrected chi connectivity index (χ0v) is 17.9. The lowest BCUT2D eigenvalue weighted by molar-refractivity contribution is 0.0954. The summed E-state index contributed by atoms with van der Waals surface area (Å²) in [5, 5.41) is 13.6. The maximum absolute atomic E-state index is 12.8. The van der Waals surface area contributed by atoms with Crippen LogP contribution in [-0.4, -0.2) is 39.1 Å². The largest absolute Gasteiger partial charge is 0.368 e. The maximum atomic E-state index is 12.8. The Hall–Kier alpha value is -3.98. The number of amides is 1. The number of benzene rings is 1. The number of halogens is 1. The first-order valence-corrected chi connectivity index (χ1v) is 10.2. The smallest absolute Gasteiger partial charge is 0.257 e. The van der Waals surface area contributed by atoms with E-state index in [4.69, 9.17) is 16.1 Å². The Morgan fingerprint density at radius 1 is 1.00 bits per heavy atom. The van der Waals surface area contributed by atoms with Crippen LogP contribution >= 0.6 is 11.6 Å². The van der Waals surface area contributed by atoms with Crippen LogP contribution in [0.25, 0.3) is 11.3 Å². The number of nitrogens with one attached hydrogen (secondary N) is 3. The molecule has 0 unspecified atom stereocenters. The van der Waals surface area contributed by atoms with Crippen molar-refractivity contribution in [2.24, 2.45) is 0 Å². The van der Waals surface area contributed by atoms with E-state index in [2.05, 4.69) is 36.1 Å². The van der Waals surface area contributed by atoms with Crippen molar-refractivity contribution in [2.75, 3.05) is 23.7 Å². The van der Waals surface area contributed by atoms with Crippen molar-refractivity contribution in [1.82, 2.24) is 25.4 Å². The molecule has 1 aromatic carbocycles. The van der Waals surface area contributed by atoms with E-state index in [0.717, 1.165) is 0 Å². The van der Waals surface area contributed by atoms with Gasteiger partial charge in [0.25, 0.3) is 5.91 Å². The van der Waals surface area contributed by atoms with Gasteiger partial charge in [-0.15, -0.1) is 0 Å². The van der Waals surface area contributed by atoms with E-state index in [1.54, 1.807) is 31.3 Å². The van der Waals surface area contributed by atoms with Crippen molar-refractivity contribution < 1.29 is 9.32 Å². The molecule has 0 fully saturated rings. The second-order valence-corrected chi connectivity index (χ2v) is 7.16. The highest BCUT2D eigenvalue weighted by molar-refractivity contribution is 6.33. The molecule has 0 saturated carbocycles. The molecule has 3 N–H and O–H groups in total. The Labute approximate surface area is 189 Å². The number of carbonyl (C=O) groups excluding carboxylic acids is 1. The summed E-state index contributed by atoms with van der Waals surface area (Å²) in [5.74, 6) is 2.04. The molecule has 32 heavy (non-hydrogen) atoms. The SMILES string of the molecule is Cc1onc(-c2ccccc2Cl)c1C(=O)NCCNc1cc(Nc2ccccn2)ncn1. The van der Waals surface area contributed by atoms with Crippen molar-refractivity contribution in [2.45, 2.75) is 6.92 Å². The van der Waals surface area contributed by atoms with E-state index < -0.39 is 0 Å². The van der Waals surface area contributed by atoms with Crippen molar-refractivity contribution in [3.05, 3.63) is 77.4 Å². The van der Waals surface area contributed by atoms with Crippen molar-refractivity contribution >= 4 is 35.0 Å². The predicted molar refractivity (Wildman–Crippen MR) is 122 cm³/mol. The first-order chi connectivity index (χ1) is 15.6. The number of hydrogen-bond donors (Lipinski definition) is 3. The van der Waals surface area contributed by atoms with Crippen LogP contribution in [0.4, 0.5) is 17.5 Å². The molecule has 3 aromatic heterocycles. The number of aromatic nitrogens is 4. The highest BCUT2D eigenvalue weighted by Crippen LogP contribution is 2.30. The lowest BCUT2D eigenvalue weighted by Crippen LogP contribution is -2.29. The van der Waals surface area contributed by atoms with Gasteiger partial charge in [-0.3, -0.25) is 4.79 Å². The molecule has 0 saturated heterocycles. The maximum Gasteiger partial charge on any atom is 0.257 e. The third-order valence-electron chi connectivity index (χ3n) is 4.52. The quantitative estimate of drug-likeness (QED) is 0.344. The van der Waals surface area contributed by atoms with Crippen LogP contribution in [0.5, 0.6) is 0 Å². The Morgan fingerprint density at radius 3 is 2.62 bits per heavy atom. The van der Waals surface area contributed by atoms with Gasteiger partial charge in [0.15, 0.2) is 0 Å². The summed E-state index contributed by atoms with van der Waals surface area (Å²) in [6, 6.07) is 14.5. The summed E-state index contributed by atoms with van der Waals surface area (Å²) in [5.41, 5.74) is 1.42. The zero-order chi connectivity index (χ0) is 22.3. The van der Waals surface area contributed by atoms with E-state index >= 15 is 0 Å². The van der Waals surface area contributed by atoms with Gasteiger partial charge in [0.05, 0.1) is 5.02 Å². The highest BCUT2D eigenvalue weighted by Gasteiger charge is 2.22. The third kappa shape index (κ3) is 5.01. The van der Waals surface area contributed by atoms with Gasteiger partial charge >= 0.3 is 0 Å². The monoisotopic (exact) mass is 449 g/mol. The van der Waals surface area contributed by atoms with E-state index in [1.165, 1.54) is 6.33 Å². The van der Waals surface area contributed by atoms with Crippen LogP contribution in [0.15, 0.2) is 65.6 Å². The summed E-state index contributed by atoms with van der Waals surface area (Å²) < 4.78 is 5.25. The fourth-order valence-corrected chi connectivity index (χ4v) is 3.25. The molecule has 0 aliphatic rings. The van der Waals surface area contributed by atoms with Crippen LogP contribution in [-0.2, 0) is 0 Å². The van der Waals surface area contributed by atoms with E-state index in [9.17, 15) is 4.79 Å². The summed E-state index contributed by atoms with van der Waals surface area (Å²) >= 11 is 6.26. The minimum absolute atomic E-state index is 0.291. The van der Waals surface area contributed by atoms with Gasteiger partial charge in [0.2, 0.25) is 0 Å². The van der Waals surface area contributed by atoms with Gasteiger partial charge in [0.1, 0.15) is 40.8 Å². The Balaban J connectivity index is 1.34. The number of rotatable bonds is 8. The zero-order valence-electron chi connectivity index (χ0n) is 17.2. The van der Waals surface area contributed by atoms with Crippen LogP contribution in [0.2, 0.25) is 5.02 Å². The normalized spacial score (nSPS) is 10.6. The minimum atomic E-state index is -0.291. The highest BCUT2D eigenvalue weighted by atomic mass is 35.5. The van der Waals surface area contributed by atoms with Crippen molar-refractivity contribution in [3.63, 3.8) is 0 Å². The fraction of sp³-hybridized carbons (Fsp3) is 0.136. The molecule has 0 bridgehead atoms. The molecular formula is C22H20ClN7O2. The van der Waals surface area contributed by atoms with Crippen LogP contribution in [0.1, 0.15) is 16.1 Å². The first kappa shape index (κ1) is 21.3.